The lowest BCUT2D eigenvalue weighted by atomic mass is 10.1. The van der Waals surface area contributed by atoms with Crippen LogP contribution in [0.3, 0.4) is 0 Å². The number of rotatable bonds is 5. The number of nitrogens with one attached hydrogen (secondary N) is 2. The SMILES string of the molecule is CC(C)(C)NC(=O)c1ccc(-c2ccc3[nH]c(CN4CCC[C@@H]4CO)cc3c2)o1. The summed E-state index contributed by atoms with van der Waals surface area (Å²) in [5, 5.41) is 13.6. The van der Waals surface area contributed by atoms with Gasteiger partial charge in [0.25, 0.3) is 5.91 Å². The number of aliphatic hydroxyl groups excluding tert-OH is 1. The first-order valence-corrected chi connectivity index (χ1v) is 10.2. The van der Waals surface area contributed by atoms with Crippen molar-refractivity contribution in [1.29, 1.82) is 0 Å². The Hall–Kier alpha value is -2.57. The number of benzene rings is 1. The van der Waals surface area contributed by atoms with Crippen LogP contribution in [0.15, 0.2) is 40.8 Å². The number of carbonyl (C=O) groups is 1. The number of hydrogen-bond donors (Lipinski definition) is 3. The van der Waals surface area contributed by atoms with Gasteiger partial charge in [0.1, 0.15) is 5.76 Å². The van der Waals surface area contributed by atoms with Crippen LogP contribution in [0.1, 0.15) is 49.9 Å². The summed E-state index contributed by atoms with van der Waals surface area (Å²) in [5.41, 5.74) is 2.84. The third-order valence-electron chi connectivity index (χ3n) is 5.36. The van der Waals surface area contributed by atoms with E-state index in [1.54, 1.807) is 6.07 Å². The lowest BCUT2D eigenvalue weighted by molar-refractivity contribution is 0.0892. The van der Waals surface area contributed by atoms with Crippen LogP contribution in [0.2, 0.25) is 0 Å². The summed E-state index contributed by atoms with van der Waals surface area (Å²) in [6.07, 6.45) is 2.20. The zero-order valence-electron chi connectivity index (χ0n) is 17.3. The van der Waals surface area contributed by atoms with Crippen LogP contribution in [-0.4, -0.2) is 45.6 Å². The van der Waals surface area contributed by atoms with Gasteiger partial charge in [0, 0.05) is 40.3 Å². The number of aliphatic hydroxyl groups is 1. The Morgan fingerprint density at radius 2 is 2.10 bits per heavy atom. The molecule has 6 heteroatoms. The molecule has 154 valence electrons. The molecule has 3 aromatic rings. The lowest BCUT2D eigenvalue weighted by Gasteiger charge is -2.21. The molecule has 1 atom stereocenters. The minimum Gasteiger partial charge on any atom is -0.451 e. The molecule has 2 aromatic heterocycles. The Bertz CT molecular complexity index is 1010. The van der Waals surface area contributed by atoms with E-state index in [1.807, 2.05) is 39.0 Å². The maximum Gasteiger partial charge on any atom is 0.287 e. The van der Waals surface area contributed by atoms with Gasteiger partial charge in [-0.05, 0) is 76.6 Å². The minimum atomic E-state index is -0.311. The highest BCUT2D eigenvalue weighted by molar-refractivity contribution is 5.93. The van der Waals surface area contributed by atoms with E-state index in [2.05, 4.69) is 27.3 Å². The molecular formula is C23H29N3O3. The Morgan fingerprint density at radius 3 is 2.86 bits per heavy atom. The number of H-pyrrole nitrogens is 1. The number of fused-ring (bicyclic) bond motifs is 1. The number of hydrogen-bond acceptors (Lipinski definition) is 4. The summed E-state index contributed by atoms with van der Waals surface area (Å²) in [6.45, 7) is 7.88. The molecule has 0 radical (unpaired) electrons. The van der Waals surface area contributed by atoms with Gasteiger partial charge in [-0.25, -0.2) is 0 Å². The first-order chi connectivity index (χ1) is 13.8. The second-order valence-electron chi connectivity index (χ2n) is 8.91. The molecule has 1 aliphatic rings. The number of likely N-dealkylation sites (tertiary alicyclic amines) is 1. The summed E-state index contributed by atoms with van der Waals surface area (Å²) in [7, 11) is 0. The molecule has 0 bridgehead atoms. The minimum absolute atomic E-state index is 0.210. The number of aromatic amines is 1. The average molecular weight is 396 g/mol. The van der Waals surface area contributed by atoms with E-state index >= 15 is 0 Å². The van der Waals surface area contributed by atoms with Crippen LogP contribution < -0.4 is 5.32 Å². The number of carbonyl (C=O) groups excluding carboxylic acids is 1. The molecule has 3 N–H and O–H groups in total. The van der Waals surface area contributed by atoms with E-state index in [-0.39, 0.29) is 24.1 Å². The summed E-state index contributed by atoms with van der Waals surface area (Å²) in [5.74, 6) is 0.778. The van der Waals surface area contributed by atoms with Crippen molar-refractivity contribution >= 4 is 16.8 Å². The maximum absolute atomic E-state index is 12.3. The fraction of sp³-hybridized carbons (Fsp3) is 0.435. The quantitative estimate of drug-likeness (QED) is 0.612. The highest BCUT2D eigenvalue weighted by Gasteiger charge is 2.24. The Balaban J connectivity index is 1.53. The van der Waals surface area contributed by atoms with Crippen molar-refractivity contribution in [2.75, 3.05) is 13.2 Å². The zero-order chi connectivity index (χ0) is 20.6. The van der Waals surface area contributed by atoms with Gasteiger partial charge >= 0.3 is 0 Å². The summed E-state index contributed by atoms with van der Waals surface area (Å²) in [4.78, 5) is 18.1. The van der Waals surface area contributed by atoms with Crippen molar-refractivity contribution in [3.05, 3.63) is 47.9 Å². The highest BCUT2D eigenvalue weighted by Crippen LogP contribution is 2.28. The molecule has 1 saturated heterocycles. The zero-order valence-corrected chi connectivity index (χ0v) is 17.3. The molecule has 0 unspecified atom stereocenters. The fourth-order valence-electron chi connectivity index (χ4n) is 3.98. The van der Waals surface area contributed by atoms with E-state index in [9.17, 15) is 9.90 Å². The lowest BCUT2D eigenvalue weighted by Crippen LogP contribution is -2.40. The standard InChI is InChI=1S/C23H29N3O3/c1-23(2,3)25-22(28)21-9-8-20(29-21)15-6-7-19-16(11-15)12-17(24-19)13-26-10-4-5-18(26)14-27/h6-9,11-12,18,24,27H,4-5,10,13-14H2,1-3H3,(H,25,28)/t18-/m1/s1. The average Bonchev–Trinajstić information content (AvgIpc) is 3.38. The topological polar surface area (TPSA) is 81.5 Å². The van der Waals surface area contributed by atoms with Crippen LogP contribution in [0, 0.1) is 0 Å². The monoisotopic (exact) mass is 395 g/mol. The highest BCUT2D eigenvalue weighted by atomic mass is 16.3. The molecule has 1 aromatic carbocycles. The second-order valence-corrected chi connectivity index (χ2v) is 8.91. The molecule has 1 amide bonds. The Labute approximate surface area is 170 Å². The van der Waals surface area contributed by atoms with Crippen molar-refractivity contribution in [3.8, 4) is 11.3 Å². The van der Waals surface area contributed by atoms with Crippen molar-refractivity contribution in [2.45, 2.75) is 51.7 Å². The van der Waals surface area contributed by atoms with Crippen molar-refractivity contribution in [2.24, 2.45) is 0 Å². The molecule has 29 heavy (non-hydrogen) atoms. The fourth-order valence-corrected chi connectivity index (χ4v) is 3.98. The normalized spacial score (nSPS) is 17.9. The second kappa shape index (κ2) is 7.69. The number of aromatic nitrogens is 1. The van der Waals surface area contributed by atoms with Crippen LogP contribution >= 0.6 is 0 Å². The van der Waals surface area contributed by atoms with Crippen molar-refractivity contribution < 1.29 is 14.3 Å². The smallest absolute Gasteiger partial charge is 0.287 e. The van der Waals surface area contributed by atoms with Gasteiger partial charge in [-0.15, -0.1) is 0 Å². The largest absolute Gasteiger partial charge is 0.451 e. The van der Waals surface area contributed by atoms with Gasteiger partial charge in [0.15, 0.2) is 5.76 Å². The number of furan rings is 1. The van der Waals surface area contributed by atoms with E-state index < -0.39 is 0 Å². The van der Waals surface area contributed by atoms with Crippen LogP contribution in [0.5, 0.6) is 0 Å². The molecule has 1 aliphatic heterocycles. The molecule has 6 nitrogen and oxygen atoms in total. The molecule has 0 spiro atoms. The third kappa shape index (κ3) is 4.38. The molecule has 0 saturated carbocycles. The van der Waals surface area contributed by atoms with E-state index in [0.717, 1.165) is 48.1 Å². The first-order valence-electron chi connectivity index (χ1n) is 10.2. The van der Waals surface area contributed by atoms with E-state index in [0.29, 0.717) is 11.5 Å². The maximum atomic E-state index is 12.3. The summed E-state index contributed by atoms with van der Waals surface area (Å²) < 4.78 is 5.81. The Morgan fingerprint density at radius 1 is 1.28 bits per heavy atom. The van der Waals surface area contributed by atoms with Crippen molar-refractivity contribution in [3.63, 3.8) is 0 Å². The third-order valence-corrected chi connectivity index (χ3v) is 5.36. The van der Waals surface area contributed by atoms with E-state index in [4.69, 9.17) is 4.42 Å². The molecule has 0 aliphatic carbocycles. The first kappa shape index (κ1) is 19.7. The molecule has 4 rings (SSSR count). The van der Waals surface area contributed by atoms with Gasteiger partial charge in [-0.2, -0.15) is 0 Å². The molecular weight excluding hydrogens is 366 g/mol. The predicted molar refractivity (Wildman–Crippen MR) is 114 cm³/mol. The molecule has 1 fully saturated rings. The van der Waals surface area contributed by atoms with Crippen LogP contribution in [0.25, 0.3) is 22.2 Å². The van der Waals surface area contributed by atoms with Crippen molar-refractivity contribution in [1.82, 2.24) is 15.2 Å². The summed E-state index contributed by atoms with van der Waals surface area (Å²) in [6, 6.07) is 12.1. The Kier molecular flexibility index (Phi) is 5.23. The van der Waals surface area contributed by atoms with Crippen LogP contribution in [0.4, 0.5) is 0 Å². The predicted octanol–water partition coefficient (Wildman–Crippen LogP) is 3.91. The van der Waals surface area contributed by atoms with Gasteiger partial charge < -0.3 is 19.8 Å². The summed E-state index contributed by atoms with van der Waals surface area (Å²) >= 11 is 0. The van der Waals surface area contributed by atoms with Gasteiger partial charge in [-0.1, -0.05) is 0 Å². The number of nitrogens with zero attached hydrogens (tertiary/aromatic N) is 1. The van der Waals surface area contributed by atoms with E-state index in [1.165, 1.54) is 0 Å². The van der Waals surface area contributed by atoms with Gasteiger partial charge in [0.05, 0.1) is 6.61 Å². The molecule has 3 heterocycles. The number of amides is 1. The van der Waals surface area contributed by atoms with Crippen LogP contribution in [-0.2, 0) is 6.54 Å². The van der Waals surface area contributed by atoms with Gasteiger partial charge in [-0.3, -0.25) is 9.69 Å². The van der Waals surface area contributed by atoms with Gasteiger partial charge in [0.2, 0.25) is 0 Å².